The van der Waals surface area contributed by atoms with E-state index in [-0.39, 0.29) is 6.10 Å². The minimum Gasteiger partial charge on any atom is -0.460 e. The zero-order valence-corrected chi connectivity index (χ0v) is 12.4. The lowest BCUT2D eigenvalue weighted by Gasteiger charge is -2.25. The van der Waals surface area contributed by atoms with E-state index in [9.17, 15) is 5.11 Å². The molecule has 0 unspecified atom stereocenters. The Bertz CT molecular complexity index is 568. The van der Waals surface area contributed by atoms with Gasteiger partial charge in [0.25, 0.3) is 0 Å². The summed E-state index contributed by atoms with van der Waals surface area (Å²) in [4.78, 5) is 0. The van der Waals surface area contributed by atoms with Crippen molar-refractivity contribution in [3.8, 4) is 11.5 Å². The van der Waals surface area contributed by atoms with E-state index in [0.29, 0.717) is 5.92 Å². The molecule has 0 aromatic carbocycles. The van der Waals surface area contributed by atoms with Gasteiger partial charge in [0.2, 0.25) is 0 Å². The second-order valence-corrected chi connectivity index (χ2v) is 5.99. The standard InChI is InChI=1S/C16H23N3O2/c1-11-2-7-15(21-11)16-13(10-18-19-16)9-17-8-12-3-5-14(20)6-4-12/h2,7,10,12,14,17,20H,3-6,8-9H2,1H3,(H,18,19). The van der Waals surface area contributed by atoms with E-state index in [1.54, 1.807) is 0 Å². The number of nitrogens with zero attached hydrogens (tertiary/aromatic N) is 1. The Morgan fingerprint density at radius 2 is 2.14 bits per heavy atom. The number of hydrogen-bond donors (Lipinski definition) is 3. The van der Waals surface area contributed by atoms with Gasteiger partial charge in [0.05, 0.1) is 12.3 Å². The fraction of sp³-hybridized carbons (Fsp3) is 0.562. The van der Waals surface area contributed by atoms with Gasteiger partial charge in [0.1, 0.15) is 11.5 Å². The third-order valence-electron chi connectivity index (χ3n) is 4.27. The lowest BCUT2D eigenvalue weighted by molar-refractivity contribution is 0.108. The summed E-state index contributed by atoms with van der Waals surface area (Å²) >= 11 is 0. The molecule has 21 heavy (non-hydrogen) atoms. The van der Waals surface area contributed by atoms with E-state index < -0.39 is 0 Å². The minimum atomic E-state index is -0.0797. The number of H-pyrrole nitrogens is 1. The summed E-state index contributed by atoms with van der Waals surface area (Å²) in [5.41, 5.74) is 2.08. The number of aryl methyl sites for hydroxylation is 1. The Kier molecular flexibility index (Phi) is 4.41. The molecule has 3 N–H and O–H groups in total. The van der Waals surface area contributed by atoms with E-state index >= 15 is 0 Å². The molecule has 2 aromatic rings. The van der Waals surface area contributed by atoms with Crippen LogP contribution in [0.4, 0.5) is 0 Å². The molecule has 2 heterocycles. The molecule has 2 aromatic heterocycles. The van der Waals surface area contributed by atoms with Gasteiger partial charge < -0.3 is 14.8 Å². The molecule has 1 aliphatic carbocycles. The summed E-state index contributed by atoms with van der Waals surface area (Å²) in [6.45, 7) is 3.72. The molecular weight excluding hydrogens is 266 g/mol. The van der Waals surface area contributed by atoms with Crippen molar-refractivity contribution in [1.29, 1.82) is 0 Å². The first-order valence-electron chi connectivity index (χ1n) is 7.70. The van der Waals surface area contributed by atoms with Crippen molar-refractivity contribution in [3.05, 3.63) is 29.7 Å². The maximum atomic E-state index is 9.52. The lowest BCUT2D eigenvalue weighted by Crippen LogP contribution is -2.27. The van der Waals surface area contributed by atoms with Crippen LogP contribution in [-0.4, -0.2) is 28.0 Å². The number of nitrogens with one attached hydrogen (secondary N) is 2. The van der Waals surface area contributed by atoms with Crippen LogP contribution in [0, 0.1) is 12.8 Å². The van der Waals surface area contributed by atoms with Gasteiger partial charge in [0.15, 0.2) is 5.76 Å². The normalized spacial score (nSPS) is 22.6. The van der Waals surface area contributed by atoms with Crippen LogP contribution >= 0.6 is 0 Å². The zero-order chi connectivity index (χ0) is 14.7. The molecule has 0 radical (unpaired) electrons. The summed E-state index contributed by atoms with van der Waals surface area (Å²) in [5, 5.41) is 20.2. The number of furan rings is 1. The van der Waals surface area contributed by atoms with E-state index in [4.69, 9.17) is 4.42 Å². The van der Waals surface area contributed by atoms with Crippen LogP contribution in [0.1, 0.15) is 37.0 Å². The molecule has 0 bridgehead atoms. The van der Waals surface area contributed by atoms with E-state index in [2.05, 4.69) is 15.5 Å². The molecule has 5 nitrogen and oxygen atoms in total. The summed E-state index contributed by atoms with van der Waals surface area (Å²) in [6, 6.07) is 3.93. The fourth-order valence-corrected chi connectivity index (χ4v) is 2.99. The molecule has 1 fully saturated rings. The van der Waals surface area contributed by atoms with Gasteiger partial charge in [-0.25, -0.2) is 0 Å². The fourth-order valence-electron chi connectivity index (χ4n) is 2.99. The first-order valence-corrected chi connectivity index (χ1v) is 7.70. The van der Waals surface area contributed by atoms with Gasteiger partial charge in [-0.3, -0.25) is 5.10 Å². The largest absolute Gasteiger partial charge is 0.460 e. The smallest absolute Gasteiger partial charge is 0.152 e. The predicted molar refractivity (Wildman–Crippen MR) is 80.7 cm³/mol. The van der Waals surface area contributed by atoms with Gasteiger partial charge in [0, 0.05) is 12.1 Å². The first kappa shape index (κ1) is 14.4. The Morgan fingerprint density at radius 1 is 1.33 bits per heavy atom. The molecule has 0 atom stereocenters. The maximum absolute atomic E-state index is 9.52. The van der Waals surface area contributed by atoms with Crippen LogP contribution in [-0.2, 0) is 6.54 Å². The average Bonchev–Trinajstić information content (AvgIpc) is 3.10. The van der Waals surface area contributed by atoms with Crippen LogP contribution in [0.2, 0.25) is 0 Å². The molecular formula is C16H23N3O2. The van der Waals surface area contributed by atoms with Crippen molar-refractivity contribution >= 4 is 0 Å². The highest BCUT2D eigenvalue weighted by Crippen LogP contribution is 2.25. The highest BCUT2D eigenvalue weighted by molar-refractivity contribution is 5.56. The monoisotopic (exact) mass is 289 g/mol. The number of aliphatic hydroxyl groups excluding tert-OH is 1. The van der Waals surface area contributed by atoms with E-state index in [1.165, 1.54) is 0 Å². The highest BCUT2D eigenvalue weighted by Gasteiger charge is 2.19. The number of rotatable bonds is 5. The van der Waals surface area contributed by atoms with Crippen molar-refractivity contribution in [2.24, 2.45) is 5.92 Å². The molecule has 5 heteroatoms. The molecule has 0 saturated heterocycles. The summed E-state index contributed by atoms with van der Waals surface area (Å²) in [5.74, 6) is 2.41. The Morgan fingerprint density at radius 3 is 2.86 bits per heavy atom. The van der Waals surface area contributed by atoms with E-state index in [0.717, 1.165) is 61.6 Å². The van der Waals surface area contributed by atoms with Gasteiger partial charge in [-0.05, 0) is 57.2 Å². The van der Waals surface area contributed by atoms with Crippen molar-refractivity contribution in [1.82, 2.24) is 15.5 Å². The lowest BCUT2D eigenvalue weighted by atomic mass is 9.87. The van der Waals surface area contributed by atoms with Crippen LogP contribution in [0.25, 0.3) is 11.5 Å². The number of aromatic nitrogens is 2. The third-order valence-corrected chi connectivity index (χ3v) is 4.27. The summed E-state index contributed by atoms with van der Waals surface area (Å²) in [7, 11) is 0. The molecule has 1 saturated carbocycles. The highest BCUT2D eigenvalue weighted by atomic mass is 16.3. The second kappa shape index (κ2) is 6.45. The van der Waals surface area contributed by atoms with Gasteiger partial charge >= 0.3 is 0 Å². The van der Waals surface area contributed by atoms with Crippen molar-refractivity contribution in [3.63, 3.8) is 0 Å². The second-order valence-electron chi connectivity index (χ2n) is 5.99. The minimum absolute atomic E-state index is 0.0797. The number of aliphatic hydroxyl groups is 1. The van der Waals surface area contributed by atoms with Crippen molar-refractivity contribution in [2.45, 2.75) is 45.3 Å². The molecule has 114 valence electrons. The number of hydrogen-bond acceptors (Lipinski definition) is 4. The van der Waals surface area contributed by atoms with Crippen molar-refractivity contribution in [2.75, 3.05) is 6.54 Å². The van der Waals surface area contributed by atoms with Gasteiger partial charge in [-0.15, -0.1) is 0 Å². The van der Waals surface area contributed by atoms with E-state index in [1.807, 2.05) is 25.3 Å². The SMILES string of the molecule is Cc1ccc(-c2[nH]ncc2CNCC2CCC(O)CC2)o1. The van der Waals surface area contributed by atoms with Crippen LogP contribution in [0.3, 0.4) is 0 Å². The third kappa shape index (κ3) is 3.54. The molecule has 0 aliphatic heterocycles. The van der Waals surface area contributed by atoms with Crippen molar-refractivity contribution < 1.29 is 9.52 Å². The Labute approximate surface area is 124 Å². The molecule has 0 amide bonds. The molecule has 0 spiro atoms. The molecule has 3 rings (SSSR count). The van der Waals surface area contributed by atoms with Gasteiger partial charge in [-0.2, -0.15) is 5.10 Å². The maximum Gasteiger partial charge on any atom is 0.152 e. The predicted octanol–water partition coefficient (Wildman–Crippen LogP) is 2.62. The first-order chi connectivity index (χ1) is 10.2. The zero-order valence-electron chi connectivity index (χ0n) is 12.4. The Balaban J connectivity index is 1.53. The summed E-state index contributed by atoms with van der Waals surface area (Å²) < 4.78 is 5.65. The quantitative estimate of drug-likeness (QED) is 0.791. The van der Waals surface area contributed by atoms with Crippen LogP contribution in [0.15, 0.2) is 22.7 Å². The van der Waals surface area contributed by atoms with Crippen LogP contribution < -0.4 is 5.32 Å². The summed E-state index contributed by atoms with van der Waals surface area (Å²) in [6.07, 6.45) is 5.88. The molecule has 1 aliphatic rings. The Hall–Kier alpha value is -1.59. The topological polar surface area (TPSA) is 74.1 Å². The number of aromatic amines is 1. The van der Waals surface area contributed by atoms with Gasteiger partial charge in [-0.1, -0.05) is 0 Å². The van der Waals surface area contributed by atoms with Crippen LogP contribution in [0.5, 0.6) is 0 Å². The average molecular weight is 289 g/mol.